The average Bonchev–Trinajstić information content (AvgIpc) is 3.30. The molecule has 0 amide bonds. The molecule has 1 heterocycles. The Hall–Kier alpha value is -4.33. The molecule has 0 aliphatic carbocycles. The molecule has 176 valence electrons. The first-order valence-corrected chi connectivity index (χ1v) is 10.3. The van der Waals surface area contributed by atoms with Crippen molar-refractivity contribution >= 4 is 22.7 Å². The van der Waals surface area contributed by atoms with E-state index in [1.807, 2.05) is 24.3 Å². The first kappa shape index (κ1) is 22.8. The first-order valence-electron chi connectivity index (χ1n) is 10.3. The Bertz CT molecular complexity index is 1330. The van der Waals surface area contributed by atoms with E-state index in [1.54, 1.807) is 58.8 Å². The number of phenols is 1. The lowest BCUT2D eigenvalue weighted by molar-refractivity contribution is 0.324. The summed E-state index contributed by atoms with van der Waals surface area (Å²) in [6.07, 6.45) is 1.88. The highest BCUT2D eigenvalue weighted by molar-refractivity contribution is 5.92. The number of aromatic nitrogens is 1. The first-order chi connectivity index (χ1) is 16.5. The summed E-state index contributed by atoms with van der Waals surface area (Å²) in [5.41, 5.74) is 3.40. The molecule has 0 spiro atoms. The minimum atomic E-state index is 0.0444. The third-order valence-corrected chi connectivity index (χ3v) is 5.32. The fourth-order valence-corrected chi connectivity index (χ4v) is 3.61. The molecule has 8 nitrogen and oxygen atoms in total. The maximum absolute atomic E-state index is 10.0. The van der Waals surface area contributed by atoms with Crippen molar-refractivity contribution in [2.45, 2.75) is 0 Å². The van der Waals surface area contributed by atoms with Crippen LogP contribution in [-0.2, 0) is 0 Å². The van der Waals surface area contributed by atoms with Gasteiger partial charge in [-0.1, -0.05) is 6.07 Å². The van der Waals surface area contributed by atoms with E-state index in [1.165, 1.54) is 7.11 Å². The summed E-state index contributed by atoms with van der Waals surface area (Å²) in [5, 5.41) is 10.0. The van der Waals surface area contributed by atoms with Gasteiger partial charge in [0.05, 0.1) is 35.5 Å². The number of nitrogens with zero attached hydrogens (tertiary/aromatic N) is 1. The number of methoxy groups -OCH3 is 5. The zero-order chi connectivity index (χ0) is 24.2. The quantitative estimate of drug-likeness (QED) is 0.358. The van der Waals surface area contributed by atoms with Crippen LogP contribution in [-0.4, -0.2) is 45.6 Å². The Kier molecular flexibility index (Phi) is 6.49. The van der Waals surface area contributed by atoms with E-state index >= 15 is 0 Å². The van der Waals surface area contributed by atoms with E-state index in [0.29, 0.717) is 51.3 Å². The summed E-state index contributed by atoms with van der Waals surface area (Å²) in [4.78, 5) is 4.70. The lowest BCUT2D eigenvalue weighted by Crippen LogP contribution is -1.98. The largest absolute Gasteiger partial charge is 0.504 e. The van der Waals surface area contributed by atoms with Crippen molar-refractivity contribution in [3.63, 3.8) is 0 Å². The minimum Gasteiger partial charge on any atom is -0.504 e. The van der Waals surface area contributed by atoms with Crippen LogP contribution in [0.3, 0.4) is 0 Å². The molecular formula is C26H25NO7. The van der Waals surface area contributed by atoms with Gasteiger partial charge in [-0.15, -0.1) is 0 Å². The highest BCUT2D eigenvalue weighted by Gasteiger charge is 2.20. The van der Waals surface area contributed by atoms with Crippen molar-refractivity contribution in [1.82, 2.24) is 4.98 Å². The molecule has 0 fully saturated rings. The van der Waals surface area contributed by atoms with Crippen LogP contribution in [0.5, 0.6) is 34.5 Å². The molecule has 0 saturated heterocycles. The second kappa shape index (κ2) is 9.66. The topological polar surface area (TPSA) is 92.4 Å². The molecule has 0 aliphatic heterocycles. The predicted molar refractivity (Wildman–Crippen MR) is 128 cm³/mol. The summed E-state index contributed by atoms with van der Waals surface area (Å²) >= 11 is 0. The lowest BCUT2D eigenvalue weighted by Gasteiger charge is -2.15. The molecule has 0 aliphatic rings. The van der Waals surface area contributed by atoms with E-state index in [0.717, 1.165) is 11.1 Å². The molecule has 4 aromatic rings. The second-order valence-electron chi connectivity index (χ2n) is 7.26. The van der Waals surface area contributed by atoms with Gasteiger partial charge in [0.2, 0.25) is 11.6 Å². The van der Waals surface area contributed by atoms with Gasteiger partial charge in [-0.2, -0.15) is 0 Å². The van der Waals surface area contributed by atoms with Crippen molar-refractivity contribution in [1.29, 1.82) is 0 Å². The number of oxazole rings is 1. The third kappa shape index (κ3) is 4.30. The zero-order valence-electron chi connectivity index (χ0n) is 19.5. The molecular weight excluding hydrogens is 438 g/mol. The van der Waals surface area contributed by atoms with Gasteiger partial charge < -0.3 is 33.2 Å². The molecule has 4 rings (SSSR count). The molecule has 0 radical (unpaired) electrons. The zero-order valence-corrected chi connectivity index (χ0v) is 19.5. The van der Waals surface area contributed by atoms with Crippen LogP contribution >= 0.6 is 0 Å². The number of aromatic hydroxyl groups is 1. The molecule has 0 unspecified atom stereocenters. The van der Waals surface area contributed by atoms with Gasteiger partial charge in [0.25, 0.3) is 0 Å². The third-order valence-electron chi connectivity index (χ3n) is 5.32. The smallest absolute Gasteiger partial charge is 0.227 e. The molecule has 0 saturated carbocycles. The fourth-order valence-electron chi connectivity index (χ4n) is 3.61. The molecule has 1 aromatic heterocycles. The monoisotopic (exact) mass is 463 g/mol. The summed E-state index contributed by atoms with van der Waals surface area (Å²) in [5.74, 6) is 2.90. The van der Waals surface area contributed by atoms with Crippen molar-refractivity contribution in [3.8, 4) is 34.5 Å². The standard InChI is InChI=1S/C26H25NO7/c1-29-17-7-9-21-19(14-17)27-26(34-21)18(10-15-6-8-20(28)22(11-15)30-2)16-12-23(31-3)25(33-5)24(13-16)32-4/h6-14,28H,1-5H3/b18-10+. The Morgan fingerprint density at radius 1 is 0.794 bits per heavy atom. The number of phenolic OH excluding ortho intramolecular Hbond substituents is 1. The van der Waals surface area contributed by atoms with Crippen LogP contribution in [0.25, 0.3) is 22.7 Å². The highest BCUT2D eigenvalue weighted by atomic mass is 16.5. The van der Waals surface area contributed by atoms with Gasteiger partial charge in [-0.05, 0) is 53.6 Å². The molecule has 1 N–H and O–H groups in total. The molecule has 0 bridgehead atoms. The molecule has 34 heavy (non-hydrogen) atoms. The predicted octanol–water partition coefficient (Wildman–Crippen LogP) is 5.17. The van der Waals surface area contributed by atoms with E-state index < -0.39 is 0 Å². The van der Waals surface area contributed by atoms with Crippen LogP contribution in [0.1, 0.15) is 17.0 Å². The molecule has 3 aromatic carbocycles. The summed E-state index contributed by atoms with van der Waals surface area (Å²) < 4.78 is 33.2. The average molecular weight is 463 g/mol. The summed E-state index contributed by atoms with van der Waals surface area (Å²) in [6, 6.07) is 14.1. The van der Waals surface area contributed by atoms with E-state index in [2.05, 4.69) is 0 Å². The lowest BCUT2D eigenvalue weighted by atomic mass is 10.0. The number of rotatable bonds is 8. The minimum absolute atomic E-state index is 0.0444. The molecule has 0 atom stereocenters. The number of fused-ring (bicyclic) bond motifs is 1. The van der Waals surface area contributed by atoms with Gasteiger partial charge in [-0.3, -0.25) is 0 Å². The highest BCUT2D eigenvalue weighted by Crippen LogP contribution is 2.42. The number of hydrogen-bond donors (Lipinski definition) is 1. The van der Waals surface area contributed by atoms with Gasteiger partial charge >= 0.3 is 0 Å². The Balaban J connectivity index is 1.96. The number of ether oxygens (including phenoxy) is 5. The Labute approximate surface area is 196 Å². The Morgan fingerprint density at radius 3 is 2.12 bits per heavy atom. The van der Waals surface area contributed by atoms with Crippen molar-refractivity contribution in [2.75, 3.05) is 35.5 Å². The van der Waals surface area contributed by atoms with Crippen LogP contribution < -0.4 is 23.7 Å². The second-order valence-corrected chi connectivity index (χ2v) is 7.26. The van der Waals surface area contributed by atoms with E-state index in [-0.39, 0.29) is 5.75 Å². The van der Waals surface area contributed by atoms with Crippen LogP contribution in [0, 0.1) is 0 Å². The summed E-state index contributed by atoms with van der Waals surface area (Å²) in [6.45, 7) is 0. The van der Waals surface area contributed by atoms with Gasteiger partial charge in [0, 0.05) is 11.6 Å². The maximum atomic E-state index is 10.0. The normalized spacial score (nSPS) is 11.4. The number of hydrogen-bond acceptors (Lipinski definition) is 8. The van der Waals surface area contributed by atoms with Crippen molar-refractivity contribution < 1.29 is 33.2 Å². The van der Waals surface area contributed by atoms with Crippen LogP contribution in [0.2, 0.25) is 0 Å². The van der Waals surface area contributed by atoms with Gasteiger partial charge in [-0.25, -0.2) is 4.98 Å². The Morgan fingerprint density at radius 2 is 1.50 bits per heavy atom. The van der Waals surface area contributed by atoms with E-state index in [9.17, 15) is 5.11 Å². The number of benzene rings is 3. The van der Waals surface area contributed by atoms with Crippen molar-refractivity contribution in [2.24, 2.45) is 0 Å². The SMILES string of the molecule is COc1ccc2oc(/C(=C/c3ccc(O)c(OC)c3)c3cc(OC)c(OC)c(OC)c3)nc2c1. The van der Waals surface area contributed by atoms with E-state index in [4.69, 9.17) is 33.1 Å². The van der Waals surface area contributed by atoms with Crippen LogP contribution in [0.4, 0.5) is 0 Å². The fraction of sp³-hybridized carbons (Fsp3) is 0.192. The molecule has 8 heteroatoms. The van der Waals surface area contributed by atoms with Crippen molar-refractivity contribution in [3.05, 3.63) is 65.5 Å². The van der Waals surface area contributed by atoms with Gasteiger partial charge in [0.15, 0.2) is 28.6 Å². The van der Waals surface area contributed by atoms with Gasteiger partial charge in [0.1, 0.15) is 11.3 Å². The van der Waals surface area contributed by atoms with Crippen LogP contribution in [0.15, 0.2) is 52.9 Å². The maximum Gasteiger partial charge on any atom is 0.227 e. The summed E-state index contributed by atoms with van der Waals surface area (Å²) in [7, 11) is 7.76.